The fraction of sp³-hybridized carbons (Fsp3) is 1.00. The Morgan fingerprint density at radius 2 is 1.59 bits per heavy atom. The minimum Gasteiger partial charge on any atom is -0.395 e. The number of unbranched alkanes of at least 4 members (excludes halogenated alkanes) is 1. The molecule has 0 bridgehead atoms. The van der Waals surface area contributed by atoms with Gasteiger partial charge in [0.05, 0.1) is 31.5 Å². The highest BCUT2D eigenvalue weighted by Crippen LogP contribution is 2.28. The third-order valence-corrected chi connectivity index (χ3v) is 3.89. The SMILES string of the molecule is CCCCN1[C@H](CO)[C@H](C)[C@@H](O)[C@H](O)[C@H]1CO. The van der Waals surface area contributed by atoms with E-state index in [2.05, 4.69) is 6.92 Å². The van der Waals surface area contributed by atoms with Gasteiger partial charge < -0.3 is 20.4 Å². The first-order valence-corrected chi connectivity index (χ1v) is 6.42. The maximum atomic E-state index is 9.96. The molecule has 4 N–H and O–H groups in total. The second kappa shape index (κ2) is 6.66. The standard InChI is InChI=1S/C12H25NO4/c1-3-4-5-13-9(6-14)8(2)11(16)12(17)10(13)7-15/h8-12,14-17H,3-7H2,1-2H3/t8-,9+,10+,11+,12+/m0/s1. The number of hydrogen-bond acceptors (Lipinski definition) is 5. The summed E-state index contributed by atoms with van der Waals surface area (Å²) in [4.78, 5) is 1.94. The molecule has 0 aliphatic carbocycles. The largest absolute Gasteiger partial charge is 0.395 e. The van der Waals surface area contributed by atoms with Crippen molar-refractivity contribution in [2.75, 3.05) is 19.8 Å². The van der Waals surface area contributed by atoms with Crippen LogP contribution in [0.1, 0.15) is 26.7 Å². The predicted molar refractivity (Wildman–Crippen MR) is 64.5 cm³/mol. The second-order valence-electron chi connectivity index (χ2n) is 4.93. The molecule has 0 saturated carbocycles. The lowest BCUT2D eigenvalue weighted by Gasteiger charge is -2.49. The zero-order valence-corrected chi connectivity index (χ0v) is 10.7. The summed E-state index contributed by atoms with van der Waals surface area (Å²) in [6.45, 7) is 4.35. The van der Waals surface area contributed by atoms with E-state index in [-0.39, 0.29) is 25.2 Å². The van der Waals surface area contributed by atoms with Crippen molar-refractivity contribution in [3.8, 4) is 0 Å². The van der Waals surface area contributed by atoms with Crippen molar-refractivity contribution < 1.29 is 20.4 Å². The van der Waals surface area contributed by atoms with Crippen LogP contribution in [0.15, 0.2) is 0 Å². The first-order chi connectivity index (χ1) is 8.08. The molecule has 0 radical (unpaired) electrons. The summed E-state index contributed by atoms with van der Waals surface area (Å²) >= 11 is 0. The number of aliphatic hydroxyl groups excluding tert-OH is 4. The molecule has 5 atom stereocenters. The highest BCUT2D eigenvalue weighted by molar-refractivity contribution is 4.98. The van der Waals surface area contributed by atoms with Crippen LogP contribution >= 0.6 is 0 Å². The minimum atomic E-state index is -0.949. The summed E-state index contributed by atoms with van der Waals surface area (Å²) in [6.07, 6.45) is 0.124. The molecule has 0 amide bonds. The highest BCUT2D eigenvalue weighted by atomic mass is 16.3. The zero-order valence-electron chi connectivity index (χ0n) is 10.7. The molecular formula is C12H25NO4. The fourth-order valence-electron chi connectivity index (χ4n) is 2.67. The van der Waals surface area contributed by atoms with Crippen molar-refractivity contribution in [2.45, 2.75) is 51.0 Å². The van der Waals surface area contributed by atoms with E-state index in [0.717, 1.165) is 19.4 Å². The number of aliphatic hydroxyl groups is 4. The van der Waals surface area contributed by atoms with Gasteiger partial charge >= 0.3 is 0 Å². The molecule has 1 saturated heterocycles. The number of piperidine rings is 1. The van der Waals surface area contributed by atoms with Gasteiger partial charge in [-0.3, -0.25) is 4.90 Å². The molecule has 5 nitrogen and oxygen atoms in total. The topological polar surface area (TPSA) is 84.2 Å². The first-order valence-electron chi connectivity index (χ1n) is 6.42. The van der Waals surface area contributed by atoms with E-state index in [0.29, 0.717) is 0 Å². The summed E-state index contributed by atoms with van der Waals surface area (Å²) < 4.78 is 0. The molecule has 1 aliphatic heterocycles. The van der Waals surface area contributed by atoms with Gasteiger partial charge in [0.1, 0.15) is 0 Å². The average Bonchev–Trinajstić information content (AvgIpc) is 2.34. The average molecular weight is 247 g/mol. The molecule has 0 aromatic carbocycles. The molecule has 0 spiro atoms. The van der Waals surface area contributed by atoms with Gasteiger partial charge in [-0.25, -0.2) is 0 Å². The molecule has 1 rings (SSSR count). The predicted octanol–water partition coefficient (Wildman–Crippen LogP) is -0.818. The Bertz CT molecular complexity index is 209. The van der Waals surface area contributed by atoms with Crippen molar-refractivity contribution in [3.05, 3.63) is 0 Å². The van der Waals surface area contributed by atoms with Crippen LogP contribution in [0.3, 0.4) is 0 Å². The summed E-state index contributed by atoms with van der Waals surface area (Å²) in [7, 11) is 0. The van der Waals surface area contributed by atoms with E-state index >= 15 is 0 Å². The lowest BCUT2D eigenvalue weighted by molar-refractivity contribution is -0.147. The Morgan fingerprint density at radius 1 is 1.00 bits per heavy atom. The van der Waals surface area contributed by atoms with Crippen LogP contribution in [0, 0.1) is 5.92 Å². The Morgan fingerprint density at radius 3 is 2.06 bits per heavy atom. The van der Waals surface area contributed by atoms with Crippen molar-refractivity contribution in [3.63, 3.8) is 0 Å². The van der Waals surface area contributed by atoms with Crippen LogP contribution in [0.2, 0.25) is 0 Å². The van der Waals surface area contributed by atoms with Gasteiger partial charge in [-0.05, 0) is 13.0 Å². The number of likely N-dealkylation sites (tertiary alicyclic amines) is 1. The van der Waals surface area contributed by atoms with Gasteiger partial charge in [0.25, 0.3) is 0 Å². The van der Waals surface area contributed by atoms with Crippen molar-refractivity contribution in [1.82, 2.24) is 4.90 Å². The lowest BCUT2D eigenvalue weighted by Crippen LogP contribution is -2.65. The van der Waals surface area contributed by atoms with Crippen LogP contribution in [-0.2, 0) is 0 Å². The third-order valence-electron chi connectivity index (χ3n) is 3.89. The molecule has 1 heterocycles. The molecule has 102 valence electrons. The minimum absolute atomic E-state index is 0.0643. The van der Waals surface area contributed by atoms with E-state index in [9.17, 15) is 20.4 Å². The molecule has 0 aromatic rings. The van der Waals surface area contributed by atoms with Crippen molar-refractivity contribution >= 4 is 0 Å². The van der Waals surface area contributed by atoms with E-state index in [1.54, 1.807) is 0 Å². The Kier molecular flexibility index (Phi) is 5.82. The maximum absolute atomic E-state index is 9.96. The Balaban J connectivity index is 2.84. The summed E-state index contributed by atoms with van der Waals surface area (Å²) in [5.41, 5.74) is 0. The van der Waals surface area contributed by atoms with E-state index in [4.69, 9.17) is 0 Å². The smallest absolute Gasteiger partial charge is 0.0979 e. The third kappa shape index (κ3) is 2.98. The van der Waals surface area contributed by atoms with Gasteiger partial charge in [0.2, 0.25) is 0 Å². The van der Waals surface area contributed by atoms with Crippen molar-refractivity contribution in [2.24, 2.45) is 5.92 Å². The molecule has 1 aliphatic rings. The summed E-state index contributed by atoms with van der Waals surface area (Å²) in [5, 5.41) is 38.6. The molecule has 0 aromatic heterocycles. The number of rotatable bonds is 5. The molecule has 1 fully saturated rings. The van der Waals surface area contributed by atoms with Gasteiger partial charge in [0.15, 0.2) is 0 Å². The van der Waals surface area contributed by atoms with Gasteiger partial charge in [-0.15, -0.1) is 0 Å². The van der Waals surface area contributed by atoms with Gasteiger partial charge in [-0.2, -0.15) is 0 Å². The molecular weight excluding hydrogens is 222 g/mol. The fourth-order valence-corrected chi connectivity index (χ4v) is 2.67. The summed E-state index contributed by atoms with van der Waals surface area (Å²) in [5.74, 6) is -0.199. The van der Waals surface area contributed by atoms with Crippen LogP contribution in [0.5, 0.6) is 0 Å². The monoisotopic (exact) mass is 247 g/mol. The quantitative estimate of drug-likeness (QED) is 0.510. The normalized spacial score (nSPS) is 39.5. The van der Waals surface area contributed by atoms with Crippen molar-refractivity contribution in [1.29, 1.82) is 0 Å². The van der Waals surface area contributed by atoms with Crippen LogP contribution in [0.25, 0.3) is 0 Å². The van der Waals surface area contributed by atoms with Gasteiger partial charge in [0, 0.05) is 12.0 Å². The maximum Gasteiger partial charge on any atom is 0.0979 e. The molecule has 0 unspecified atom stereocenters. The zero-order chi connectivity index (χ0) is 13.0. The van der Waals surface area contributed by atoms with Crippen LogP contribution in [0.4, 0.5) is 0 Å². The van der Waals surface area contributed by atoms with E-state index < -0.39 is 18.2 Å². The van der Waals surface area contributed by atoms with Crippen LogP contribution < -0.4 is 0 Å². The molecule has 5 heteroatoms. The van der Waals surface area contributed by atoms with E-state index in [1.165, 1.54) is 0 Å². The number of hydrogen-bond donors (Lipinski definition) is 4. The number of nitrogens with zero attached hydrogens (tertiary/aromatic N) is 1. The van der Waals surface area contributed by atoms with Crippen LogP contribution in [-0.4, -0.2) is 69.4 Å². The summed E-state index contributed by atoms with van der Waals surface area (Å²) in [6, 6.07) is -0.679. The highest BCUT2D eigenvalue weighted by Gasteiger charge is 2.45. The second-order valence-corrected chi connectivity index (χ2v) is 4.93. The van der Waals surface area contributed by atoms with E-state index in [1.807, 2.05) is 11.8 Å². The first kappa shape index (κ1) is 14.9. The molecule has 17 heavy (non-hydrogen) atoms. The lowest BCUT2D eigenvalue weighted by atomic mass is 9.82. The Hall–Kier alpha value is -0.200. The van der Waals surface area contributed by atoms with Gasteiger partial charge in [-0.1, -0.05) is 20.3 Å². The Labute approximate surface area is 103 Å².